The molecule has 0 heterocycles. The summed E-state index contributed by atoms with van der Waals surface area (Å²) >= 11 is 5.30. The van der Waals surface area contributed by atoms with Gasteiger partial charge in [-0.05, 0) is 0 Å². The topological polar surface area (TPSA) is 17.1 Å². The molecule has 0 radical (unpaired) electrons. The highest BCUT2D eigenvalue weighted by molar-refractivity contribution is 6.30. The van der Waals surface area contributed by atoms with Gasteiger partial charge in [-0.15, -0.1) is 0 Å². The summed E-state index contributed by atoms with van der Waals surface area (Å²) in [6, 6.07) is 0. The highest BCUT2D eigenvalue weighted by Gasteiger charge is 1.98. The van der Waals surface area contributed by atoms with E-state index >= 15 is 0 Å². The summed E-state index contributed by atoms with van der Waals surface area (Å²) < 4.78 is 0. The first-order valence-corrected chi connectivity index (χ1v) is 2.36. The van der Waals surface area contributed by atoms with E-state index in [4.69, 9.17) is 11.6 Å². The molecular formula is C5H7ClO. The van der Waals surface area contributed by atoms with Gasteiger partial charge in [0.2, 0.25) is 0 Å². The second-order valence-corrected chi connectivity index (χ2v) is 1.86. The summed E-state index contributed by atoms with van der Waals surface area (Å²) in [5.41, 5.74) is 0. The summed E-state index contributed by atoms with van der Waals surface area (Å²) in [5, 5.41) is 0.398. The van der Waals surface area contributed by atoms with Crippen LogP contribution in [0.5, 0.6) is 0 Å². The van der Waals surface area contributed by atoms with Crippen LogP contribution < -0.4 is 0 Å². The molecular weight excluding hydrogens is 112 g/mol. The molecule has 40 valence electrons. The Morgan fingerprint density at radius 2 is 2.43 bits per heavy atom. The first-order chi connectivity index (χ1) is 3.18. The van der Waals surface area contributed by atoms with E-state index in [1.54, 1.807) is 6.92 Å². The molecule has 0 aliphatic heterocycles. The quantitative estimate of drug-likeness (QED) is 0.503. The average Bonchev–Trinajstić information content (AvgIpc) is 1.65. The minimum atomic E-state index is -0.207. The number of aldehydes is 1. The molecule has 0 aliphatic rings. The molecule has 1 unspecified atom stereocenters. The highest BCUT2D eigenvalue weighted by Crippen LogP contribution is 2.07. The molecule has 0 aromatic heterocycles. The molecule has 0 fully saturated rings. The third-order valence-electron chi connectivity index (χ3n) is 0.698. The fourth-order valence-corrected chi connectivity index (χ4v) is 0.125. The summed E-state index contributed by atoms with van der Waals surface area (Å²) in [6.07, 6.45) is 0.759. The molecule has 0 aromatic carbocycles. The van der Waals surface area contributed by atoms with Gasteiger partial charge in [-0.1, -0.05) is 25.1 Å². The molecule has 1 atom stereocenters. The molecule has 0 saturated carbocycles. The first kappa shape index (κ1) is 6.70. The van der Waals surface area contributed by atoms with E-state index in [1.165, 1.54) is 0 Å². The zero-order chi connectivity index (χ0) is 5.86. The Bertz CT molecular complexity index is 88.1. The fourth-order valence-electron chi connectivity index (χ4n) is 0.0738. The standard InChI is InChI=1S/C5H7ClO/c1-4(3-7)5(2)6/h3-4H,2H2,1H3. The van der Waals surface area contributed by atoms with Crippen molar-refractivity contribution in [2.45, 2.75) is 6.92 Å². The van der Waals surface area contributed by atoms with Crippen LogP contribution in [0.25, 0.3) is 0 Å². The maximum absolute atomic E-state index is 9.80. The summed E-state index contributed by atoms with van der Waals surface area (Å²) in [6.45, 7) is 5.06. The lowest BCUT2D eigenvalue weighted by molar-refractivity contribution is -0.109. The Labute approximate surface area is 48.0 Å². The minimum absolute atomic E-state index is 0.207. The van der Waals surface area contributed by atoms with Crippen LogP contribution in [0.4, 0.5) is 0 Å². The molecule has 7 heavy (non-hydrogen) atoms. The van der Waals surface area contributed by atoms with Gasteiger partial charge in [0, 0.05) is 11.0 Å². The zero-order valence-electron chi connectivity index (χ0n) is 4.15. The molecule has 1 nitrogen and oxygen atoms in total. The molecule has 0 saturated heterocycles. The predicted octanol–water partition coefficient (Wildman–Crippen LogP) is 1.57. The third kappa shape index (κ3) is 2.40. The highest BCUT2D eigenvalue weighted by atomic mass is 35.5. The Balaban J connectivity index is 3.55. The van der Waals surface area contributed by atoms with E-state index in [2.05, 4.69) is 6.58 Å². The summed E-state index contributed by atoms with van der Waals surface area (Å²) in [5.74, 6) is -0.207. The second kappa shape index (κ2) is 2.80. The van der Waals surface area contributed by atoms with Crippen LogP contribution in [0.1, 0.15) is 6.92 Å². The van der Waals surface area contributed by atoms with Gasteiger partial charge in [0.15, 0.2) is 0 Å². The number of allylic oxidation sites excluding steroid dienone is 1. The molecule has 0 rings (SSSR count). The van der Waals surface area contributed by atoms with Gasteiger partial charge in [-0.25, -0.2) is 0 Å². The fraction of sp³-hybridized carbons (Fsp3) is 0.400. The van der Waals surface area contributed by atoms with Crippen LogP contribution in [-0.2, 0) is 4.79 Å². The average molecular weight is 119 g/mol. The Morgan fingerprint density at radius 1 is 2.00 bits per heavy atom. The normalized spacial score (nSPS) is 12.9. The van der Waals surface area contributed by atoms with Crippen molar-refractivity contribution in [2.75, 3.05) is 0 Å². The maximum atomic E-state index is 9.80. The largest absolute Gasteiger partial charge is 0.303 e. The lowest BCUT2D eigenvalue weighted by atomic mass is 10.2. The zero-order valence-corrected chi connectivity index (χ0v) is 4.90. The van der Waals surface area contributed by atoms with Gasteiger partial charge < -0.3 is 4.79 Å². The Kier molecular flexibility index (Phi) is 2.68. The molecule has 0 aliphatic carbocycles. The van der Waals surface area contributed by atoms with Gasteiger partial charge in [0.1, 0.15) is 6.29 Å². The van der Waals surface area contributed by atoms with E-state index in [9.17, 15) is 4.79 Å². The van der Waals surface area contributed by atoms with Crippen molar-refractivity contribution in [1.82, 2.24) is 0 Å². The lowest BCUT2D eigenvalue weighted by Gasteiger charge is -1.93. The van der Waals surface area contributed by atoms with Crippen molar-refractivity contribution in [1.29, 1.82) is 0 Å². The predicted molar refractivity (Wildman–Crippen MR) is 30.2 cm³/mol. The van der Waals surface area contributed by atoms with Crippen molar-refractivity contribution in [3.63, 3.8) is 0 Å². The van der Waals surface area contributed by atoms with Crippen molar-refractivity contribution in [2.24, 2.45) is 5.92 Å². The Hall–Kier alpha value is -0.300. The first-order valence-electron chi connectivity index (χ1n) is 1.98. The van der Waals surface area contributed by atoms with Crippen LogP contribution in [-0.4, -0.2) is 6.29 Å². The maximum Gasteiger partial charge on any atom is 0.128 e. The number of carbonyl (C=O) groups is 1. The van der Waals surface area contributed by atoms with Gasteiger partial charge in [-0.2, -0.15) is 0 Å². The molecule has 2 heteroatoms. The number of hydrogen-bond donors (Lipinski definition) is 0. The van der Waals surface area contributed by atoms with Crippen LogP contribution in [0.15, 0.2) is 11.6 Å². The van der Waals surface area contributed by atoms with Gasteiger partial charge >= 0.3 is 0 Å². The van der Waals surface area contributed by atoms with E-state index < -0.39 is 0 Å². The number of halogens is 1. The third-order valence-corrected chi connectivity index (χ3v) is 1.04. The van der Waals surface area contributed by atoms with E-state index in [-0.39, 0.29) is 5.92 Å². The number of rotatable bonds is 2. The molecule has 0 N–H and O–H groups in total. The van der Waals surface area contributed by atoms with Crippen LogP contribution in [0.2, 0.25) is 0 Å². The number of hydrogen-bond acceptors (Lipinski definition) is 1. The summed E-state index contributed by atoms with van der Waals surface area (Å²) in [4.78, 5) is 9.80. The molecule has 0 spiro atoms. The van der Waals surface area contributed by atoms with Gasteiger partial charge in [0.05, 0.1) is 0 Å². The van der Waals surface area contributed by atoms with Crippen molar-refractivity contribution in [3.05, 3.63) is 11.6 Å². The lowest BCUT2D eigenvalue weighted by Crippen LogP contribution is -1.91. The van der Waals surface area contributed by atoms with Gasteiger partial charge in [-0.3, -0.25) is 0 Å². The minimum Gasteiger partial charge on any atom is -0.303 e. The number of carbonyl (C=O) groups excluding carboxylic acids is 1. The summed E-state index contributed by atoms with van der Waals surface area (Å²) in [7, 11) is 0. The smallest absolute Gasteiger partial charge is 0.128 e. The second-order valence-electron chi connectivity index (χ2n) is 1.37. The van der Waals surface area contributed by atoms with Crippen molar-refractivity contribution in [3.8, 4) is 0 Å². The monoisotopic (exact) mass is 118 g/mol. The SMILES string of the molecule is C=C(Cl)C(C)C=O. The van der Waals surface area contributed by atoms with Crippen molar-refractivity contribution < 1.29 is 4.79 Å². The van der Waals surface area contributed by atoms with Crippen LogP contribution >= 0.6 is 11.6 Å². The van der Waals surface area contributed by atoms with E-state index in [1.807, 2.05) is 0 Å². The molecule has 0 amide bonds. The van der Waals surface area contributed by atoms with E-state index in [0.29, 0.717) is 5.03 Å². The Morgan fingerprint density at radius 3 is 2.43 bits per heavy atom. The molecule has 0 aromatic rings. The van der Waals surface area contributed by atoms with Crippen LogP contribution in [0.3, 0.4) is 0 Å². The van der Waals surface area contributed by atoms with Crippen molar-refractivity contribution >= 4 is 17.9 Å². The van der Waals surface area contributed by atoms with E-state index in [0.717, 1.165) is 6.29 Å². The van der Waals surface area contributed by atoms with Crippen LogP contribution in [0, 0.1) is 5.92 Å². The van der Waals surface area contributed by atoms with Gasteiger partial charge in [0.25, 0.3) is 0 Å². The molecule has 0 bridgehead atoms.